The molecule has 0 saturated heterocycles. The first kappa shape index (κ1) is 12.5. The second kappa shape index (κ2) is 3.03. The van der Waals surface area contributed by atoms with Gasteiger partial charge in [0.15, 0.2) is 0 Å². The predicted molar refractivity (Wildman–Crippen MR) is 28.6 cm³/mol. The fourth-order valence-corrected chi connectivity index (χ4v) is 0.854. The van der Waals surface area contributed by atoms with Crippen molar-refractivity contribution >= 4 is 10.1 Å². The first-order valence-corrected chi connectivity index (χ1v) is 3.99. The van der Waals surface area contributed by atoms with E-state index in [-0.39, 0.29) is 0 Å². The quantitative estimate of drug-likeness (QED) is 0.531. The smallest absolute Gasteiger partial charge is 0.352 e. The maximum atomic E-state index is 12.0. The van der Waals surface area contributed by atoms with Gasteiger partial charge in [-0.1, -0.05) is 0 Å². The summed E-state index contributed by atoms with van der Waals surface area (Å²) in [6.45, 7) is 0. The number of halogens is 5. The van der Waals surface area contributed by atoms with Gasteiger partial charge in [-0.25, -0.2) is 4.39 Å². The van der Waals surface area contributed by atoms with Crippen LogP contribution in [-0.2, 0) is 10.1 Å². The predicted octanol–water partition coefficient (Wildman–Crippen LogP) is 0.390. The van der Waals surface area contributed by atoms with Gasteiger partial charge in [-0.3, -0.25) is 4.55 Å². The average molecular weight is 230 g/mol. The van der Waals surface area contributed by atoms with Crippen LogP contribution in [0.25, 0.3) is 0 Å². The third-order valence-corrected chi connectivity index (χ3v) is 1.80. The summed E-state index contributed by atoms with van der Waals surface area (Å²) in [4.78, 5) is 0. The Balaban J connectivity index is 5.09. The highest BCUT2D eigenvalue weighted by Gasteiger charge is 2.65. The maximum absolute atomic E-state index is 12.0. The summed E-state index contributed by atoms with van der Waals surface area (Å²) in [7, 11) is -5.96. The molecule has 0 aliphatic heterocycles. The molecule has 0 saturated carbocycles. The lowest BCUT2D eigenvalue weighted by Gasteiger charge is -2.22. The van der Waals surface area contributed by atoms with Crippen molar-refractivity contribution in [2.24, 2.45) is 0 Å². The van der Waals surface area contributed by atoms with Crippen molar-refractivity contribution in [3.05, 3.63) is 0 Å². The highest BCUT2D eigenvalue weighted by atomic mass is 32.2. The molecule has 0 aliphatic rings. The number of aliphatic hydroxyl groups is 1. The lowest BCUT2D eigenvalue weighted by molar-refractivity contribution is -0.325. The van der Waals surface area contributed by atoms with Crippen LogP contribution in [-0.4, -0.2) is 35.6 Å². The van der Waals surface area contributed by atoms with Crippen LogP contribution in [0.2, 0.25) is 0 Å². The fourth-order valence-electron chi connectivity index (χ4n) is 0.326. The van der Waals surface area contributed by atoms with Crippen molar-refractivity contribution in [2.45, 2.75) is 17.5 Å². The van der Waals surface area contributed by atoms with Crippen LogP contribution >= 0.6 is 0 Å². The molecule has 2 unspecified atom stereocenters. The van der Waals surface area contributed by atoms with E-state index in [1.165, 1.54) is 0 Å². The minimum Gasteiger partial charge on any atom is -0.352 e. The molecule has 0 radical (unpaired) electrons. The second-order valence-corrected chi connectivity index (χ2v) is 3.45. The lowest BCUT2D eigenvalue weighted by Crippen LogP contribution is -2.51. The van der Waals surface area contributed by atoms with Gasteiger partial charge in [0, 0.05) is 0 Å². The third-order valence-electron chi connectivity index (χ3n) is 0.960. The van der Waals surface area contributed by atoms with E-state index in [9.17, 15) is 30.4 Å². The van der Waals surface area contributed by atoms with Crippen LogP contribution < -0.4 is 0 Å². The van der Waals surface area contributed by atoms with Gasteiger partial charge in [0.2, 0.25) is 0 Å². The van der Waals surface area contributed by atoms with Crippen molar-refractivity contribution in [2.75, 3.05) is 0 Å². The van der Waals surface area contributed by atoms with E-state index in [0.717, 1.165) is 0 Å². The minimum atomic E-state index is -6.15. The van der Waals surface area contributed by atoms with Crippen molar-refractivity contribution in [3.63, 3.8) is 0 Å². The van der Waals surface area contributed by atoms with Crippen molar-refractivity contribution in [1.82, 2.24) is 0 Å². The molecule has 0 amide bonds. The summed E-state index contributed by atoms with van der Waals surface area (Å²) < 4.78 is 85.2. The van der Waals surface area contributed by atoms with E-state index in [1.807, 2.05) is 0 Å². The first-order valence-electron chi connectivity index (χ1n) is 2.49. The van der Waals surface area contributed by atoms with E-state index in [0.29, 0.717) is 0 Å². The van der Waals surface area contributed by atoms with Gasteiger partial charge in [0.05, 0.1) is 0 Å². The molecule has 2 N–H and O–H groups in total. The van der Waals surface area contributed by atoms with Gasteiger partial charge in [-0.2, -0.15) is 26.0 Å². The summed E-state index contributed by atoms with van der Waals surface area (Å²) >= 11 is 0. The van der Waals surface area contributed by atoms with Crippen LogP contribution in [0.3, 0.4) is 0 Å². The Bertz CT molecular complexity index is 279. The zero-order valence-electron chi connectivity index (χ0n) is 5.59. The molecule has 2 atom stereocenters. The highest BCUT2D eigenvalue weighted by Crippen LogP contribution is 2.37. The zero-order chi connectivity index (χ0) is 11.1. The molecule has 0 rings (SSSR count). The Morgan fingerprint density at radius 3 is 1.54 bits per heavy atom. The Morgan fingerprint density at radius 1 is 1.15 bits per heavy atom. The van der Waals surface area contributed by atoms with E-state index in [2.05, 4.69) is 0 Å². The molecule has 0 aromatic rings. The third kappa shape index (κ3) is 2.48. The van der Waals surface area contributed by atoms with Crippen LogP contribution in [0, 0.1) is 0 Å². The Morgan fingerprint density at radius 2 is 1.46 bits per heavy atom. The van der Waals surface area contributed by atoms with Gasteiger partial charge in [0.25, 0.3) is 5.50 Å². The molecule has 80 valence electrons. The second-order valence-electron chi connectivity index (χ2n) is 2.00. The fraction of sp³-hybridized carbons (Fsp3) is 1.00. The summed E-state index contributed by atoms with van der Waals surface area (Å²) in [5.74, 6) is -5.62. The molecule has 13 heavy (non-hydrogen) atoms. The molecule has 10 heteroatoms. The van der Waals surface area contributed by atoms with E-state index in [1.54, 1.807) is 0 Å². The molecule has 0 aliphatic carbocycles. The van der Waals surface area contributed by atoms with E-state index in [4.69, 9.17) is 9.66 Å². The number of hydrogen-bond acceptors (Lipinski definition) is 3. The van der Waals surface area contributed by atoms with E-state index < -0.39 is 27.7 Å². The topological polar surface area (TPSA) is 74.6 Å². The lowest BCUT2D eigenvalue weighted by atomic mass is 10.3. The largest absolute Gasteiger partial charge is 0.452 e. The summed E-state index contributed by atoms with van der Waals surface area (Å²) in [6.07, 6.45) is -6.15. The average Bonchev–Trinajstić information content (AvgIpc) is 1.81. The first-order chi connectivity index (χ1) is 5.40. The van der Waals surface area contributed by atoms with Gasteiger partial charge < -0.3 is 5.11 Å². The number of rotatable bonds is 2. The standard InChI is InChI=1S/C3H3F5O4S/c4-1(13(10,11)12)2(5,9)3(6,7)8/h1,9H,(H,10,11,12). The number of hydrogen-bond donors (Lipinski definition) is 2. The molecule has 0 spiro atoms. The molecule has 0 bridgehead atoms. The summed E-state index contributed by atoms with van der Waals surface area (Å²) in [6, 6.07) is 0. The van der Waals surface area contributed by atoms with Gasteiger partial charge >= 0.3 is 22.1 Å². The highest BCUT2D eigenvalue weighted by molar-refractivity contribution is 7.86. The van der Waals surface area contributed by atoms with Gasteiger partial charge in [-0.05, 0) is 0 Å². The monoisotopic (exact) mass is 230 g/mol. The molecule has 0 heterocycles. The number of alkyl halides is 5. The van der Waals surface area contributed by atoms with Crippen LogP contribution in [0.4, 0.5) is 22.0 Å². The van der Waals surface area contributed by atoms with Gasteiger partial charge in [-0.15, -0.1) is 0 Å². The summed E-state index contributed by atoms with van der Waals surface area (Å²) in [5.41, 5.74) is -4.49. The molecule has 0 fully saturated rings. The zero-order valence-corrected chi connectivity index (χ0v) is 6.40. The molecule has 4 nitrogen and oxygen atoms in total. The van der Waals surface area contributed by atoms with Crippen LogP contribution in [0.5, 0.6) is 0 Å². The molecular formula is C3H3F5O4S. The Kier molecular flexibility index (Phi) is 2.92. The molecule has 0 aromatic heterocycles. The Hall–Kier alpha value is -0.480. The Labute approximate surface area is 68.7 Å². The van der Waals surface area contributed by atoms with Crippen molar-refractivity contribution in [1.29, 1.82) is 0 Å². The minimum absolute atomic E-state index is 4.49. The van der Waals surface area contributed by atoms with Crippen molar-refractivity contribution in [3.8, 4) is 0 Å². The summed E-state index contributed by atoms with van der Waals surface area (Å²) in [5, 5.41) is 7.75. The van der Waals surface area contributed by atoms with Crippen LogP contribution in [0.1, 0.15) is 0 Å². The molecule has 0 aromatic carbocycles. The normalized spacial score (nSPS) is 20.8. The van der Waals surface area contributed by atoms with Gasteiger partial charge in [0.1, 0.15) is 0 Å². The maximum Gasteiger partial charge on any atom is 0.452 e. The SMILES string of the molecule is O=S(=O)(O)C(F)C(O)(F)C(F)(F)F. The molecular weight excluding hydrogens is 227 g/mol. The van der Waals surface area contributed by atoms with Crippen LogP contribution in [0.15, 0.2) is 0 Å². The van der Waals surface area contributed by atoms with Crippen molar-refractivity contribution < 1.29 is 40.0 Å². The van der Waals surface area contributed by atoms with E-state index >= 15 is 0 Å².